The SMILES string of the molecule is C/C=C/CCNC1CCC(C)CC1. The summed E-state index contributed by atoms with van der Waals surface area (Å²) in [7, 11) is 0. The smallest absolute Gasteiger partial charge is 0.00673 e. The Labute approximate surface area is 82.6 Å². The van der Waals surface area contributed by atoms with E-state index in [-0.39, 0.29) is 0 Å². The second-order valence-corrected chi connectivity index (χ2v) is 4.27. The topological polar surface area (TPSA) is 12.0 Å². The van der Waals surface area contributed by atoms with Crippen LogP contribution >= 0.6 is 0 Å². The Morgan fingerprint density at radius 3 is 2.54 bits per heavy atom. The van der Waals surface area contributed by atoms with Crippen molar-refractivity contribution >= 4 is 0 Å². The fourth-order valence-corrected chi connectivity index (χ4v) is 2.00. The van der Waals surface area contributed by atoms with Crippen molar-refractivity contribution < 1.29 is 0 Å². The minimum absolute atomic E-state index is 0.807. The number of hydrogen-bond acceptors (Lipinski definition) is 1. The zero-order valence-electron chi connectivity index (χ0n) is 9.05. The van der Waals surface area contributed by atoms with E-state index in [1.807, 2.05) is 0 Å². The Kier molecular flexibility index (Phi) is 5.14. The molecule has 1 N–H and O–H groups in total. The van der Waals surface area contributed by atoms with Gasteiger partial charge in [-0.15, -0.1) is 0 Å². The van der Waals surface area contributed by atoms with Gasteiger partial charge in [0.05, 0.1) is 0 Å². The van der Waals surface area contributed by atoms with Crippen LogP contribution in [-0.4, -0.2) is 12.6 Å². The van der Waals surface area contributed by atoms with E-state index in [1.165, 1.54) is 32.1 Å². The van der Waals surface area contributed by atoms with Gasteiger partial charge in [-0.3, -0.25) is 0 Å². The molecule has 0 bridgehead atoms. The molecule has 0 spiro atoms. The Morgan fingerprint density at radius 1 is 1.23 bits per heavy atom. The molecule has 1 aliphatic carbocycles. The largest absolute Gasteiger partial charge is 0.314 e. The van der Waals surface area contributed by atoms with Crippen LogP contribution in [0, 0.1) is 5.92 Å². The van der Waals surface area contributed by atoms with Gasteiger partial charge in [-0.25, -0.2) is 0 Å². The summed E-state index contributed by atoms with van der Waals surface area (Å²) in [6, 6.07) is 0.807. The highest BCUT2D eigenvalue weighted by atomic mass is 14.9. The summed E-state index contributed by atoms with van der Waals surface area (Å²) in [5, 5.41) is 3.63. The number of allylic oxidation sites excluding steroid dienone is 1. The van der Waals surface area contributed by atoms with E-state index >= 15 is 0 Å². The molecule has 0 atom stereocenters. The maximum absolute atomic E-state index is 3.63. The highest BCUT2D eigenvalue weighted by Gasteiger charge is 2.16. The molecule has 1 rings (SSSR count). The van der Waals surface area contributed by atoms with Crippen LogP contribution in [0.5, 0.6) is 0 Å². The predicted octanol–water partition coefficient (Wildman–Crippen LogP) is 3.12. The summed E-state index contributed by atoms with van der Waals surface area (Å²) < 4.78 is 0. The molecule has 0 radical (unpaired) electrons. The Hall–Kier alpha value is -0.300. The van der Waals surface area contributed by atoms with Gasteiger partial charge in [0.15, 0.2) is 0 Å². The first-order valence-electron chi connectivity index (χ1n) is 5.67. The number of hydrogen-bond donors (Lipinski definition) is 1. The first-order valence-corrected chi connectivity index (χ1v) is 5.67. The van der Waals surface area contributed by atoms with E-state index in [0.29, 0.717) is 0 Å². The van der Waals surface area contributed by atoms with Crippen LogP contribution in [0.4, 0.5) is 0 Å². The first-order chi connectivity index (χ1) is 6.33. The maximum atomic E-state index is 3.63. The van der Waals surface area contributed by atoms with Gasteiger partial charge >= 0.3 is 0 Å². The minimum atomic E-state index is 0.807. The van der Waals surface area contributed by atoms with Crippen molar-refractivity contribution in [2.24, 2.45) is 5.92 Å². The molecule has 1 aliphatic rings. The van der Waals surface area contributed by atoms with Crippen molar-refractivity contribution in [3.63, 3.8) is 0 Å². The van der Waals surface area contributed by atoms with Crippen molar-refractivity contribution in [1.29, 1.82) is 0 Å². The van der Waals surface area contributed by atoms with Crippen molar-refractivity contribution in [2.75, 3.05) is 6.54 Å². The minimum Gasteiger partial charge on any atom is -0.314 e. The molecular formula is C12H23N. The maximum Gasteiger partial charge on any atom is 0.00673 e. The molecule has 0 amide bonds. The lowest BCUT2D eigenvalue weighted by atomic mass is 9.87. The molecule has 0 aliphatic heterocycles. The molecule has 0 unspecified atom stereocenters. The van der Waals surface area contributed by atoms with Gasteiger partial charge in [0, 0.05) is 6.04 Å². The molecule has 1 nitrogen and oxygen atoms in total. The normalized spacial score (nSPS) is 29.7. The summed E-state index contributed by atoms with van der Waals surface area (Å²) >= 11 is 0. The summed E-state index contributed by atoms with van der Waals surface area (Å²) in [4.78, 5) is 0. The monoisotopic (exact) mass is 181 g/mol. The van der Waals surface area contributed by atoms with E-state index in [4.69, 9.17) is 0 Å². The standard InChI is InChI=1S/C12H23N/c1-3-4-5-10-13-12-8-6-11(2)7-9-12/h3-4,11-13H,5-10H2,1-2H3/b4-3+. The molecule has 0 heterocycles. The van der Waals surface area contributed by atoms with Gasteiger partial charge < -0.3 is 5.32 Å². The van der Waals surface area contributed by atoms with Crippen LogP contribution in [0.2, 0.25) is 0 Å². The lowest BCUT2D eigenvalue weighted by Gasteiger charge is -2.26. The van der Waals surface area contributed by atoms with Crippen LogP contribution in [0.25, 0.3) is 0 Å². The summed E-state index contributed by atoms with van der Waals surface area (Å²) in [6.45, 7) is 5.61. The molecule has 0 aromatic rings. The van der Waals surface area contributed by atoms with E-state index in [9.17, 15) is 0 Å². The Balaban J connectivity index is 2.02. The van der Waals surface area contributed by atoms with Crippen molar-refractivity contribution in [3.05, 3.63) is 12.2 Å². The molecule has 13 heavy (non-hydrogen) atoms. The van der Waals surface area contributed by atoms with Gasteiger partial charge in [-0.2, -0.15) is 0 Å². The van der Waals surface area contributed by atoms with Gasteiger partial charge in [0.2, 0.25) is 0 Å². The average Bonchev–Trinajstić information content (AvgIpc) is 2.15. The Bertz CT molecular complexity index is 143. The van der Waals surface area contributed by atoms with Crippen LogP contribution in [0.1, 0.15) is 46.0 Å². The zero-order chi connectivity index (χ0) is 9.52. The molecule has 1 fully saturated rings. The Morgan fingerprint density at radius 2 is 1.92 bits per heavy atom. The number of rotatable bonds is 4. The average molecular weight is 181 g/mol. The molecular weight excluding hydrogens is 158 g/mol. The third-order valence-electron chi connectivity index (χ3n) is 3.00. The van der Waals surface area contributed by atoms with Crippen LogP contribution in [0.3, 0.4) is 0 Å². The van der Waals surface area contributed by atoms with Crippen molar-refractivity contribution in [2.45, 2.75) is 52.0 Å². The van der Waals surface area contributed by atoms with Gasteiger partial charge in [-0.1, -0.05) is 19.1 Å². The molecule has 1 saturated carbocycles. The summed E-state index contributed by atoms with van der Waals surface area (Å²) in [5.41, 5.74) is 0. The summed E-state index contributed by atoms with van der Waals surface area (Å²) in [6.07, 6.45) is 11.2. The lowest BCUT2D eigenvalue weighted by molar-refractivity contribution is 0.309. The van der Waals surface area contributed by atoms with E-state index in [0.717, 1.165) is 18.5 Å². The van der Waals surface area contributed by atoms with E-state index in [1.54, 1.807) is 0 Å². The fraction of sp³-hybridized carbons (Fsp3) is 0.833. The summed E-state index contributed by atoms with van der Waals surface area (Å²) in [5.74, 6) is 0.966. The van der Waals surface area contributed by atoms with Crippen molar-refractivity contribution in [1.82, 2.24) is 5.32 Å². The zero-order valence-corrected chi connectivity index (χ0v) is 9.05. The molecule has 0 aromatic carbocycles. The fourth-order valence-electron chi connectivity index (χ4n) is 2.00. The second-order valence-electron chi connectivity index (χ2n) is 4.27. The first kappa shape index (κ1) is 10.8. The van der Waals surface area contributed by atoms with Crippen LogP contribution in [-0.2, 0) is 0 Å². The molecule has 0 aromatic heterocycles. The molecule has 76 valence electrons. The van der Waals surface area contributed by atoms with Gasteiger partial charge in [-0.05, 0) is 51.5 Å². The predicted molar refractivity (Wildman–Crippen MR) is 58.9 cm³/mol. The highest BCUT2D eigenvalue weighted by Crippen LogP contribution is 2.23. The van der Waals surface area contributed by atoms with Crippen LogP contribution < -0.4 is 5.32 Å². The van der Waals surface area contributed by atoms with Crippen LogP contribution in [0.15, 0.2) is 12.2 Å². The highest BCUT2D eigenvalue weighted by molar-refractivity contribution is 4.80. The third-order valence-corrected chi connectivity index (χ3v) is 3.00. The van der Waals surface area contributed by atoms with Gasteiger partial charge in [0.1, 0.15) is 0 Å². The van der Waals surface area contributed by atoms with Gasteiger partial charge in [0.25, 0.3) is 0 Å². The van der Waals surface area contributed by atoms with E-state index in [2.05, 4.69) is 31.3 Å². The molecule has 1 heteroatoms. The lowest BCUT2D eigenvalue weighted by Crippen LogP contribution is -2.33. The second kappa shape index (κ2) is 6.20. The van der Waals surface area contributed by atoms with Crippen molar-refractivity contribution in [3.8, 4) is 0 Å². The third kappa shape index (κ3) is 4.47. The van der Waals surface area contributed by atoms with E-state index < -0.39 is 0 Å². The quantitative estimate of drug-likeness (QED) is 0.519. The molecule has 0 saturated heterocycles. The number of nitrogens with one attached hydrogen (secondary N) is 1.